The molecule has 0 fully saturated rings. The molecule has 2 aromatic carbocycles. The van der Waals surface area contributed by atoms with Gasteiger partial charge in [-0.2, -0.15) is 8.42 Å². The van der Waals surface area contributed by atoms with Crippen LogP contribution in [0.3, 0.4) is 0 Å². The summed E-state index contributed by atoms with van der Waals surface area (Å²) in [4.78, 5) is 23.7. The van der Waals surface area contributed by atoms with Gasteiger partial charge in [-0.1, -0.05) is 42.3 Å². The van der Waals surface area contributed by atoms with E-state index in [1.54, 1.807) is 0 Å². The Bertz CT molecular complexity index is 1330. The molecule has 2 aromatic rings. The van der Waals surface area contributed by atoms with Gasteiger partial charge in [0.05, 0.1) is 15.2 Å². The summed E-state index contributed by atoms with van der Waals surface area (Å²) in [6.07, 6.45) is -1.51. The summed E-state index contributed by atoms with van der Waals surface area (Å²) in [5, 5.41) is 8.95. The standard InChI is InChI=1S/C18H15NO7S/c19-17-16(26-27(23,24)10-11-4-2-1-3-5-11)14(20)15(25-17)12-6-8-13(9-7-12)18(21)22/h1-9,15H,10,19H2,(H,21,22)/i1D,2D,3D,4D,5D,10D2. The van der Waals surface area contributed by atoms with E-state index < -0.39 is 81.1 Å². The molecule has 140 valence electrons. The van der Waals surface area contributed by atoms with Crippen LogP contribution >= 0.6 is 0 Å². The number of hydrogen-bond donors (Lipinski definition) is 2. The number of Topliss-reactive ketones (excluding diaryl/α,β-unsaturated/α-hetero) is 1. The third kappa shape index (κ3) is 4.09. The van der Waals surface area contributed by atoms with Crippen LogP contribution in [0.4, 0.5) is 0 Å². The molecule has 3 rings (SSSR count). The van der Waals surface area contributed by atoms with Crippen LogP contribution in [0.15, 0.2) is 66.1 Å². The molecule has 0 radical (unpaired) electrons. The van der Waals surface area contributed by atoms with Gasteiger partial charge >= 0.3 is 16.1 Å². The normalized spacial score (nSPS) is 21.1. The van der Waals surface area contributed by atoms with Crippen molar-refractivity contribution in [2.75, 3.05) is 0 Å². The first-order valence-corrected chi connectivity index (χ1v) is 8.58. The first-order chi connectivity index (χ1) is 15.6. The smallest absolute Gasteiger partial charge is 0.335 e. The quantitative estimate of drug-likeness (QED) is 0.705. The van der Waals surface area contributed by atoms with E-state index in [0.29, 0.717) is 0 Å². The number of hydrogen-bond acceptors (Lipinski definition) is 7. The molecule has 27 heavy (non-hydrogen) atoms. The average molecular weight is 396 g/mol. The number of benzene rings is 2. The summed E-state index contributed by atoms with van der Waals surface area (Å²) in [6.45, 7) is 0. The number of carbonyl (C=O) groups is 2. The van der Waals surface area contributed by atoms with E-state index in [2.05, 4.69) is 4.18 Å². The Morgan fingerprint density at radius 3 is 2.48 bits per heavy atom. The van der Waals surface area contributed by atoms with E-state index in [0.717, 1.165) is 12.1 Å². The average Bonchev–Trinajstić information content (AvgIpc) is 3.04. The first kappa shape index (κ1) is 11.4. The fraction of sp³-hybridized carbons (Fsp3) is 0.111. The summed E-state index contributed by atoms with van der Waals surface area (Å²) < 4.78 is 89.8. The molecular weight excluding hydrogens is 374 g/mol. The molecule has 0 aromatic heterocycles. The third-order valence-electron chi connectivity index (χ3n) is 3.31. The minimum absolute atomic E-state index is 0.0963. The molecular formula is C18H15NO7S. The zero-order chi connectivity index (χ0) is 25.7. The van der Waals surface area contributed by atoms with Gasteiger partial charge in [-0.05, 0) is 17.7 Å². The van der Waals surface area contributed by atoms with E-state index in [1.807, 2.05) is 0 Å². The summed E-state index contributed by atoms with van der Waals surface area (Å²) in [7, 11) is -5.53. The summed E-state index contributed by atoms with van der Waals surface area (Å²) in [5.41, 5.74) is 0.650. The van der Waals surface area contributed by atoms with Gasteiger partial charge in [-0.3, -0.25) is 4.79 Å². The highest BCUT2D eigenvalue weighted by molar-refractivity contribution is 7.86. The Morgan fingerprint density at radius 2 is 1.89 bits per heavy atom. The minimum Gasteiger partial charge on any atom is -0.478 e. The van der Waals surface area contributed by atoms with Crippen LogP contribution in [0.25, 0.3) is 0 Å². The van der Waals surface area contributed by atoms with E-state index in [9.17, 15) is 18.0 Å². The molecule has 0 amide bonds. The molecule has 0 saturated carbocycles. The zero-order valence-electron chi connectivity index (χ0n) is 20.3. The van der Waals surface area contributed by atoms with E-state index in [-0.39, 0.29) is 11.1 Å². The van der Waals surface area contributed by atoms with Crippen LogP contribution in [0.1, 0.15) is 37.2 Å². The van der Waals surface area contributed by atoms with Gasteiger partial charge in [0.1, 0.15) is 5.70 Å². The molecule has 8 nitrogen and oxygen atoms in total. The monoisotopic (exact) mass is 396 g/mol. The minimum atomic E-state index is -5.53. The Kier molecular flexibility index (Phi) is 3.01. The van der Waals surface area contributed by atoms with Gasteiger partial charge in [0, 0.05) is 5.56 Å². The highest BCUT2D eigenvalue weighted by Gasteiger charge is 2.39. The van der Waals surface area contributed by atoms with Crippen molar-refractivity contribution in [2.45, 2.75) is 11.8 Å². The second kappa shape index (κ2) is 7.12. The maximum atomic E-state index is 12.8. The largest absolute Gasteiger partial charge is 0.478 e. The number of ketones is 1. The maximum absolute atomic E-state index is 12.8. The van der Waals surface area contributed by atoms with Gasteiger partial charge in [-0.15, -0.1) is 0 Å². The lowest BCUT2D eigenvalue weighted by molar-refractivity contribution is -0.123. The molecule has 1 unspecified atom stereocenters. The molecule has 1 aliphatic rings. The van der Waals surface area contributed by atoms with Gasteiger partial charge in [0.2, 0.25) is 17.4 Å². The molecule has 1 heterocycles. The van der Waals surface area contributed by atoms with Crippen molar-refractivity contribution in [3.05, 3.63) is 82.8 Å². The number of nitrogens with two attached hydrogens (primary N) is 1. The first-order valence-electron chi connectivity index (χ1n) is 10.7. The van der Waals surface area contributed by atoms with E-state index in [1.165, 1.54) is 12.1 Å². The number of aromatic carboxylic acids is 1. The lowest BCUT2D eigenvalue weighted by atomic mass is 10.0. The summed E-state index contributed by atoms with van der Waals surface area (Å²) >= 11 is 0. The Morgan fingerprint density at radius 1 is 1.26 bits per heavy atom. The van der Waals surface area contributed by atoms with Crippen LogP contribution in [0.2, 0.25) is 0 Å². The van der Waals surface area contributed by atoms with Crippen LogP contribution in [-0.4, -0.2) is 25.3 Å². The summed E-state index contributed by atoms with van der Waals surface area (Å²) in [6, 6.07) is -0.264. The Balaban J connectivity index is 1.97. The maximum Gasteiger partial charge on any atom is 0.335 e. The number of carboxylic acids is 1. The highest BCUT2D eigenvalue weighted by Crippen LogP contribution is 2.32. The second-order valence-electron chi connectivity index (χ2n) is 5.12. The lowest BCUT2D eigenvalue weighted by Crippen LogP contribution is -2.16. The molecule has 0 bridgehead atoms. The topological polar surface area (TPSA) is 133 Å². The van der Waals surface area contributed by atoms with Crippen LogP contribution in [0.5, 0.6) is 0 Å². The SMILES string of the molecule is [2H]c1c([2H])c([2H])c(C([2H])([2H])S(=O)(=O)OC2=C(N)OC(c3ccc(C(=O)O)cc3)C2=O)c([2H])c1[2H]. The molecule has 0 saturated heterocycles. The number of carboxylic acid groups (broad SMARTS) is 1. The van der Waals surface area contributed by atoms with Crippen molar-refractivity contribution in [3.63, 3.8) is 0 Å². The fourth-order valence-electron chi connectivity index (χ4n) is 2.13. The molecule has 3 N–H and O–H groups in total. The van der Waals surface area contributed by atoms with Crippen molar-refractivity contribution in [2.24, 2.45) is 5.73 Å². The predicted octanol–water partition coefficient (Wildman–Crippen LogP) is 1.70. The van der Waals surface area contributed by atoms with E-state index >= 15 is 0 Å². The molecule has 9 heteroatoms. The lowest BCUT2D eigenvalue weighted by Gasteiger charge is -2.10. The molecule has 1 atom stereocenters. The fourth-order valence-corrected chi connectivity index (χ4v) is 2.91. The van der Waals surface area contributed by atoms with Crippen molar-refractivity contribution < 1.29 is 41.6 Å². The van der Waals surface area contributed by atoms with Crippen molar-refractivity contribution in [1.29, 1.82) is 0 Å². The van der Waals surface area contributed by atoms with Crippen LogP contribution in [-0.2, 0) is 29.5 Å². The van der Waals surface area contributed by atoms with Crippen molar-refractivity contribution >= 4 is 21.9 Å². The highest BCUT2D eigenvalue weighted by atomic mass is 32.2. The van der Waals surface area contributed by atoms with Gasteiger partial charge in [0.15, 0.2) is 6.10 Å². The predicted molar refractivity (Wildman–Crippen MR) is 93.6 cm³/mol. The Labute approximate surface area is 164 Å². The Hall–Kier alpha value is -3.33. The third-order valence-corrected chi connectivity index (χ3v) is 4.15. The van der Waals surface area contributed by atoms with Gasteiger partial charge in [-0.25, -0.2) is 4.79 Å². The van der Waals surface area contributed by atoms with Gasteiger partial charge in [0.25, 0.3) is 0 Å². The van der Waals surface area contributed by atoms with Crippen molar-refractivity contribution in [3.8, 4) is 0 Å². The number of ether oxygens (including phenoxy) is 1. The van der Waals surface area contributed by atoms with Crippen molar-refractivity contribution in [1.82, 2.24) is 0 Å². The molecule has 1 aliphatic heterocycles. The zero-order valence-corrected chi connectivity index (χ0v) is 14.1. The second-order valence-corrected chi connectivity index (χ2v) is 6.40. The molecule has 0 spiro atoms. The molecule has 0 aliphatic carbocycles. The van der Waals surface area contributed by atoms with Crippen LogP contribution in [0, 0.1) is 0 Å². The number of rotatable bonds is 6. The van der Waals surface area contributed by atoms with E-state index in [4.69, 9.17) is 25.2 Å². The summed E-state index contributed by atoms with van der Waals surface area (Å²) in [5.74, 6) is -4.24. The van der Waals surface area contributed by atoms with Gasteiger partial charge < -0.3 is 19.8 Å². The number of carbonyl (C=O) groups excluding carboxylic acids is 1. The van der Waals surface area contributed by atoms with Crippen LogP contribution < -0.4 is 5.73 Å².